The molecule has 8 heteroatoms. The molecule has 0 spiro atoms. The summed E-state index contributed by atoms with van der Waals surface area (Å²) in [4.78, 5) is 22.8. The van der Waals surface area contributed by atoms with Gasteiger partial charge >= 0.3 is 0 Å². The number of hydrogen-bond acceptors (Lipinski definition) is 6. The highest BCUT2D eigenvalue weighted by Gasteiger charge is 2.27. The molecule has 2 aromatic carbocycles. The van der Waals surface area contributed by atoms with Crippen molar-refractivity contribution in [2.75, 3.05) is 24.2 Å². The molecule has 4 aromatic rings. The van der Waals surface area contributed by atoms with E-state index in [1.54, 1.807) is 34.4 Å². The van der Waals surface area contributed by atoms with Crippen LogP contribution in [0.25, 0.3) is 20.8 Å². The van der Waals surface area contributed by atoms with E-state index in [0.29, 0.717) is 6.42 Å². The number of thiophene rings is 1. The smallest absolute Gasteiger partial charge is 0.225 e. The third-order valence-electron chi connectivity index (χ3n) is 5.97. The predicted molar refractivity (Wildman–Crippen MR) is 148 cm³/mol. The number of anilines is 1. The van der Waals surface area contributed by atoms with Gasteiger partial charge in [-0.1, -0.05) is 30.7 Å². The van der Waals surface area contributed by atoms with Crippen LogP contribution in [0.3, 0.4) is 0 Å². The molecule has 0 radical (unpaired) electrons. The average molecular weight is 528 g/mol. The number of carbonyl (C=O) groups excluding carboxylic acids is 1. The van der Waals surface area contributed by atoms with Gasteiger partial charge in [-0.25, -0.2) is 4.98 Å². The SMILES string of the molecule is CCN1CCc2c(sc(NC(=O)CCCSc3ccc(Cl)cc3)c2-c2nc3ccccc3s2)C1. The number of hydrogen-bond donors (Lipinski definition) is 1. The van der Waals surface area contributed by atoms with Crippen LogP contribution in [0.2, 0.25) is 5.02 Å². The van der Waals surface area contributed by atoms with E-state index < -0.39 is 0 Å². The average Bonchev–Trinajstić information content (AvgIpc) is 3.42. The lowest BCUT2D eigenvalue weighted by molar-refractivity contribution is -0.116. The third kappa shape index (κ3) is 5.34. The van der Waals surface area contributed by atoms with Crippen LogP contribution in [0, 0.1) is 0 Å². The fourth-order valence-corrected chi connectivity index (χ4v) is 7.56. The molecule has 3 heterocycles. The Morgan fingerprint density at radius 1 is 1.18 bits per heavy atom. The van der Waals surface area contributed by atoms with Crippen molar-refractivity contribution in [1.82, 2.24) is 9.88 Å². The minimum atomic E-state index is 0.0741. The summed E-state index contributed by atoms with van der Waals surface area (Å²) in [5.41, 5.74) is 3.52. The molecular weight excluding hydrogens is 502 g/mol. The Balaban J connectivity index is 1.31. The van der Waals surface area contributed by atoms with E-state index in [2.05, 4.69) is 35.3 Å². The molecule has 176 valence electrons. The molecular formula is C26H26ClN3OS3. The van der Waals surface area contributed by atoms with E-state index in [4.69, 9.17) is 16.6 Å². The van der Waals surface area contributed by atoms with Crippen molar-refractivity contribution in [3.63, 3.8) is 0 Å². The van der Waals surface area contributed by atoms with Crippen molar-refractivity contribution in [2.45, 2.75) is 37.6 Å². The first-order chi connectivity index (χ1) is 16.6. The Morgan fingerprint density at radius 2 is 2.00 bits per heavy atom. The first kappa shape index (κ1) is 23.8. The number of thiazole rings is 1. The van der Waals surface area contributed by atoms with Gasteiger partial charge in [0.25, 0.3) is 0 Å². The molecule has 1 N–H and O–H groups in total. The number of nitrogens with zero attached hydrogens (tertiary/aromatic N) is 2. The molecule has 0 saturated carbocycles. The van der Waals surface area contributed by atoms with Gasteiger partial charge in [-0.2, -0.15) is 0 Å². The van der Waals surface area contributed by atoms with Crippen LogP contribution < -0.4 is 5.32 Å². The van der Waals surface area contributed by atoms with Crippen molar-refractivity contribution in [1.29, 1.82) is 0 Å². The maximum atomic E-state index is 12.9. The van der Waals surface area contributed by atoms with E-state index in [9.17, 15) is 4.79 Å². The van der Waals surface area contributed by atoms with Crippen LogP contribution in [0.15, 0.2) is 53.4 Å². The minimum absolute atomic E-state index is 0.0741. The Kier molecular flexibility index (Phi) is 7.56. The van der Waals surface area contributed by atoms with E-state index in [-0.39, 0.29) is 5.91 Å². The zero-order valence-electron chi connectivity index (χ0n) is 19.0. The summed E-state index contributed by atoms with van der Waals surface area (Å²) in [6.07, 6.45) is 2.33. The minimum Gasteiger partial charge on any atom is -0.317 e. The van der Waals surface area contributed by atoms with Crippen LogP contribution in [-0.2, 0) is 17.8 Å². The van der Waals surface area contributed by atoms with Gasteiger partial charge in [0.2, 0.25) is 5.91 Å². The second kappa shape index (κ2) is 10.8. The Labute approximate surface area is 217 Å². The number of fused-ring (bicyclic) bond motifs is 2. The van der Waals surface area contributed by atoms with Crippen LogP contribution in [0.5, 0.6) is 0 Å². The lowest BCUT2D eigenvalue weighted by Gasteiger charge is -2.25. The van der Waals surface area contributed by atoms with Crippen LogP contribution in [-0.4, -0.2) is 34.6 Å². The fraction of sp³-hybridized carbons (Fsp3) is 0.308. The Bertz CT molecular complexity index is 1270. The van der Waals surface area contributed by atoms with Gasteiger partial charge in [-0.15, -0.1) is 34.4 Å². The number of thioether (sulfide) groups is 1. The maximum Gasteiger partial charge on any atom is 0.225 e. The van der Waals surface area contributed by atoms with Gasteiger partial charge in [-0.3, -0.25) is 9.69 Å². The van der Waals surface area contributed by atoms with Gasteiger partial charge in [0.1, 0.15) is 10.0 Å². The van der Waals surface area contributed by atoms with E-state index >= 15 is 0 Å². The predicted octanol–water partition coefficient (Wildman–Crippen LogP) is 7.57. The van der Waals surface area contributed by atoms with E-state index in [1.165, 1.54) is 20.0 Å². The molecule has 1 aliphatic rings. The zero-order valence-corrected chi connectivity index (χ0v) is 22.2. The van der Waals surface area contributed by atoms with Crippen molar-refractivity contribution >= 4 is 67.2 Å². The van der Waals surface area contributed by atoms with Gasteiger partial charge in [0.15, 0.2) is 0 Å². The first-order valence-electron chi connectivity index (χ1n) is 11.5. The Morgan fingerprint density at radius 3 is 2.79 bits per heavy atom. The summed E-state index contributed by atoms with van der Waals surface area (Å²) in [5, 5.41) is 5.96. The quantitative estimate of drug-likeness (QED) is 0.189. The molecule has 2 aromatic heterocycles. The molecule has 0 bridgehead atoms. The zero-order chi connectivity index (χ0) is 23.5. The number of para-hydroxylation sites is 1. The standard InChI is InChI=1S/C26H26ClN3OS3/c1-2-30-14-13-19-22(16-30)34-26(24(19)25-28-20-6-3-4-7-21(20)33-25)29-23(31)8-5-15-32-18-11-9-17(27)10-12-18/h3-4,6-7,9-12H,2,5,8,13-16H2,1H3,(H,29,31). The van der Waals surface area contributed by atoms with Crippen molar-refractivity contribution < 1.29 is 4.79 Å². The summed E-state index contributed by atoms with van der Waals surface area (Å²) >= 11 is 11.2. The van der Waals surface area contributed by atoms with Gasteiger partial charge in [0.05, 0.1) is 10.2 Å². The number of aromatic nitrogens is 1. The summed E-state index contributed by atoms with van der Waals surface area (Å²) < 4.78 is 1.18. The summed E-state index contributed by atoms with van der Waals surface area (Å²) in [6.45, 7) is 5.24. The molecule has 0 aliphatic carbocycles. The number of amides is 1. The van der Waals surface area contributed by atoms with Gasteiger partial charge in [0, 0.05) is 39.9 Å². The second-order valence-corrected chi connectivity index (χ2v) is 12.0. The lowest BCUT2D eigenvalue weighted by atomic mass is 10.0. The van der Waals surface area contributed by atoms with Crippen molar-refractivity contribution in [3.8, 4) is 10.6 Å². The molecule has 0 atom stereocenters. The summed E-state index contributed by atoms with van der Waals surface area (Å²) in [6, 6.07) is 16.1. The normalized spacial score (nSPS) is 13.8. The molecule has 34 heavy (non-hydrogen) atoms. The maximum absolute atomic E-state index is 12.9. The van der Waals surface area contributed by atoms with Crippen molar-refractivity contribution in [2.24, 2.45) is 0 Å². The summed E-state index contributed by atoms with van der Waals surface area (Å²) in [7, 11) is 0. The van der Waals surface area contributed by atoms with Crippen LogP contribution in [0.4, 0.5) is 5.00 Å². The molecule has 0 unspecified atom stereocenters. The third-order valence-corrected chi connectivity index (χ3v) is 9.51. The summed E-state index contributed by atoms with van der Waals surface area (Å²) in [5.74, 6) is 0.969. The number of halogens is 1. The molecule has 5 rings (SSSR count). The topological polar surface area (TPSA) is 45.2 Å². The molecule has 0 fully saturated rings. The highest BCUT2D eigenvalue weighted by atomic mass is 35.5. The fourth-order valence-electron chi connectivity index (χ4n) is 4.16. The lowest BCUT2D eigenvalue weighted by Crippen LogP contribution is -2.29. The Hall–Kier alpha value is -1.90. The molecule has 1 aliphatic heterocycles. The van der Waals surface area contributed by atoms with Crippen LogP contribution in [0.1, 0.15) is 30.2 Å². The van der Waals surface area contributed by atoms with Crippen LogP contribution >= 0.6 is 46.0 Å². The largest absolute Gasteiger partial charge is 0.317 e. The van der Waals surface area contributed by atoms with Gasteiger partial charge < -0.3 is 5.32 Å². The molecule has 0 saturated heterocycles. The van der Waals surface area contributed by atoms with E-state index in [0.717, 1.165) is 64.3 Å². The monoisotopic (exact) mass is 527 g/mol. The van der Waals surface area contributed by atoms with E-state index in [1.807, 2.05) is 30.3 Å². The van der Waals surface area contributed by atoms with Gasteiger partial charge in [-0.05, 0) is 67.1 Å². The number of likely N-dealkylation sites (N-methyl/N-ethyl adjacent to an activating group) is 1. The number of benzene rings is 2. The number of rotatable bonds is 8. The van der Waals surface area contributed by atoms with Crippen molar-refractivity contribution in [3.05, 3.63) is 64.0 Å². The number of nitrogens with one attached hydrogen (secondary N) is 1. The number of carbonyl (C=O) groups is 1. The highest BCUT2D eigenvalue weighted by molar-refractivity contribution is 7.99. The first-order valence-corrected chi connectivity index (χ1v) is 14.5. The molecule has 4 nitrogen and oxygen atoms in total. The molecule has 1 amide bonds. The second-order valence-electron chi connectivity index (χ2n) is 8.27. The highest BCUT2D eigenvalue weighted by Crippen LogP contribution is 2.45.